The quantitative estimate of drug-likeness (QED) is 0.405. The van der Waals surface area contributed by atoms with Crippen molar-refractivity contribution in [1.29, 1.82) is 0 Å². The number of halogens is 8. The van der Waals surface area contributed by atoms with E-state index in [0.29, 0.717) is 5.56 Å². The van der Waals surface area contributed by atoms with Crippen LogP contribution in [0.15, 0.2) is 53.4 Å². The zero-order chi connectivity index (χ0) is 20.6. The molecule has 0 saturated heterocycles. The maximum absolute atomic E-state index is 13.2. The summed E-state index contributed by atoms with van der Waals surface area (Å²) in [4.78, 5) is -2.69. The molecule has 0 radical (unpaired) electrons. The minimum Gasteiger partial charge on any atom is -0.358 e. The van der Waals surface area contributed by atoms with Crippen LogP contribution in [0.3, 0.4) is 0 Å². The number of nitrogens with one attached hydrogen (secondary N) is 2. The Morgan fingerprint density at radius 3 is 2.04 bits per heavy atom. The van der Waals surface area contributed by atoms with E-state index in [-0.39, 0.29) is 18.7 Å². The second kappa shape index (κ2) is 6.23. The summed E-state index contributed by atoms with van der Waals surface area (Å²) >= 11 is 4.75. The van der Waals surface area contributed by atoms with Crippen molar-refractivity contribution in [3.05, 3.63) is 59.7 Å². The van der Waals surface area contributed by atoms with Crippen LogP contribution in [0.4, 0.5) is 38.3 Å². The lowest BCUT2D eigenvalue weighted by molar-refractivity contribution is -0.137. The molecule has 2 N–H and O–H groups in total. The predicted molar refractivity (Wildman–Crippen MR) is 92.3 cm³/mol. The molecule has 2 rings (SSSR count). The van der Waals surface area contributed by atoms with Gasteiger partial charge < -0.3 is 10.6 Å². The van der Waals surface area contributed by atoms with Gasteiger partial charge in [0.1, 0.15) is 4.90 Å². The third-order valence-electron chi connectivity index (χ3n) is 3.27. The molecule has 12 heteroatoms. The zero-order valence-electron chi connectivity index (χ0n) is 13.2. The summed E-state index contributed by atoms with van der Waals surface area (Å²) in [6, 6.07) is 8.36. The molecule has 0 bridgehead atoms. The van der Waals surface area contributed by atoms with Crippen molar-refractivity contribution in [2.24, 2.45) is 0 Å². The van der Waals surface area contributed by atoms with Gasteiger partial charge in [0.2, 0.25) is 0 Å². The van der Waals surface area contributed by atoms with Crippen LogP contribution in [0.1, 0.15) is 11.1 Å². The van der Waals surface area contributed by atoms with Crippen molar-refractivity contribution in [2.45, 2.75) is 17.6 Å². The molecule has 0 saturated carbocycles. The lowest BCUT2D eigenvalue weighted by Gasteiger charge is -2.42. The molecule has 2 aromatic rings. The summed E-state index contributed by atoms with van der Waals surface area (Å²) < 4.78 is 104. The first-order chi connectivity index (χ1) is 12.1. The molecule has 2 aromatic carbocycles. The van der Waals surface area contributed by atoms with Gasteiger partial charge in [-0.1, -0.05) is 49.8 Å². The Hall–Kier alpha value is -2.08. The van der Waals surface area contributed by atoms with Gasteiger partial charge in [0.15, 0.2) is 5.11 Å². The van der Waals surface area contributed by atoms with Crippen LogP contribution >= 0.6 is 22.4 Å². The Labute approximate surface area is 154 Å². The lowest BCUT2D eigenvalue weighted by Crippen LogP contribution is -2.29. The van der Waals surface area contributed by atoms with Gasteiger partial charge in [-0.3, -0.25) is 0 Å². The third-order valence-corrected chi connectivity index (χ3v) is 4.68. The van der Waals surface area contributed by atoms with Gasteiger partial charge in [-0.05, 0) is 36.0 Å². The van der Waals surface area contributed by atoms with Gasteiger partial charge in [0.25, 0.3) is 0 Å². The molecular weight excluding hydrogens is 424 g/mol. The Bertz CT molecular complexity index is 848. The molecule has 0 aliphatic heterocycles. The second-order valence-corrected chi connectivity index (χ2v) is 8.26. The highest BCUT2D eigenvalue weighted by Crippen LogP contribution is 3.02. The molecule has 0 aliphatic carbocycles. The molecule has 0 heterocycles. The summed E-state index contributed by atoms with van der Waals surface area (Å²) in [5.74, 6) is 0. The van der Waals surface area contributed by atoms with E-state index in [1.165, 1.54) is 0 Å². The fraction of sp³-hybridized carbons (Fsp3) is 0.133. The minimum absolute atomic E-state index is 0.0685. The van der Waals surface area contributed by atoms with E-state index in [1.807, 2.05) is 5.32 Å². The maximum atomic E-state index is 13.2. The molecule has 0 atom stereocenters. The fourth-order valence-electron chi connectivity index (χ4n) is 2.07. The number of alkyl halides is 3. The van der Waals surface area contributed by atoms with Gasteiger partial charge in [-0.2, -0.15) is 13.2 Å². The van der Waals surface area contributed by atoms with Gasteiger partial charge in [0.05, 0.1) is 11.3 Å². The Balaban J connectivity index is 2.32. The lowest BCUT2D eigenvalue weighted by atomic mass is 10.2. The SMILES string of the molecule is FC(F)(F)c1ccc(NC(=S)NCc2ccccc2)c(S(F)(F)(F)(F)F)c1. The van der Waals surface area contributed by atoms with Crippen molar-refractivity contribution >= 4 is 33.2 Å². The topological polar surface area (TPSA) is 24.1 Å². The monoisotopic (exact) mass is 436 g/mol. The van der Waals surface area contributed by atoms with E-state index < -0.39 is 43.7 Å². The molecule has 0 aromatic heterocycles. The van der Waals surface area contributed by atoms with Gasteiger partial charge in [-0.15, -0.1) is 0 Å². The maximum Gasteiger partial charge on any atom is 0.416 e. The van der Waals surface area contributed by atoms with Gasteiger partial charge in [0, 0.05) is 6.54 Å². The Morgan fingerprint density at radius 1 is 0.926 bits per heavy atom. The highest BCUT2D eigenvalue weighted by Gasteiger charge is 2.67. The number of hydrogen-bond donors (Lipinski definition) is 2. The first kappa shape index (κ1) is 21.2. The average molecular weight is 436 g/mol. The number of thiocarbonyl (C=S) groups is 1. The average Bonchev–Trinajstić information content (AvgIpc) is 2.51. The third kappa shape index (κ3) is 5.96. The molecule has 150 valence electrons. The molecule has 0 amide bonds. The van der Waals surface area contributed by atoms with Crippen LogP contribution in [0.25, 0.3) is 0 Å². The number of hydrogen-bond acceptors (Lipinski definition) is 1. The summed E-state index contributed by atoms with van der Waals surface area (Å²) in [6.45, 7) is 0.0685. The van der Waals surface area contributed by atoms with E-state index in [1.54, 1.807) is 30.3 Å². The molecule has 0 aliphatic rings. The van der Waals surface area contributed by atoms with Crippen molar-refractivity contribution in [1.82, 2.24) is 5.32 Å². The van der Waals surface area contributed by atoms with Crippen LogP contribution < -0.4 is 10.6 Å². The van der Waals surface area contributed by atoms with E-state index in [4.69, 9.17) is 12.2 Å². The summed E-state index contributed by atoms with van der Waals surface area (Å²) in [5.41, 5.74) is -2.42. The first-order valence-corrected chi connectivity index (χ1v) is 9.46. The molecular formula is C15H12F8N2S2. The second-order valence-electron chi connectivity index (χ2n) is 5.47. The summed E-state index contributed by atoms with van der Waals surface area (Å²) in [6.07, 6.45) is -5.22. The van der Waals surface area contributed by atoms with Crippen molar-refractivity contribution in [3.63, 3.8) is 0 Å². The van der Waals surface area contributed by atoms with Crippen molar-refractivity contribution in [2.75, 3.05) is 5.32 Å². The normalized spacial score (nSPS) is 14.8. The molecule has 0 spiro atoms. The van der Waals surface area contributed by atoms with E-state index >= 15 is 0 Å². The van der Waals surface area contributed by atoms with Crippen LogP contribution in [0.2, 0.25) is 0 Å². The molecule has 0 fully saturated rings. The largest absolute Gasteiger partial charge is 0.416 e. The van der Waals surface area contributed by atoms with Crippen molar-refractivity contribution in [3.8, 4) is 0 Å². The highest BCUT2D eigenvalue weighted by atomic mass is 32.5. The van der Waals surface area contributed by atoms with Gasteiger partial charge >= 0.3 is 16.4 Å². The van der Waals surface area contributed by atoms with Crippen LogP contribution in [-0.2, 0) is 12.7 Å². The standard InChI is InChI=1S/C15H12F8N2S2/c16-15(17,18)11-6-7-12(13(8-11)27(19,20,21,22)23)25-14(26)24-9-10-4-2-1-3-5-10/h1-8H,9H2,(H2,24,25,26). The summed E-state index contributed by atoms with van der Waals surface area (Å²) in [7, 11) is -10.4. The Kier molecular flexibility index (Phi) is 4.89. The number of anilines is 1. The predicted octanol–water partition coefficient (Wildman–Crippen LogP) is 6.85. The van der Waals surface area contributed by atoms with E-state index in [9.17, 15) is 32.6 Å². The first-order valence-electron chi connectivity index (χ1n) is 7.10. The summed E-state index contributed by atoms with van der Waals surface area (Å²) in [5, 5.41) is 3.94. The number of benzene rings is 2. The molecule has 2 nitrogen and oxygen atoms in total. The molecule has 0 unspecified atom stereocenters. The van der Waals surface area contributed by atoms with Crippen LogP contribution in [0.5, 0.6) is 0 Å². The number of rotatable bonds is 4. The van der Waals surface area contributed by atoms with E-state index in [2.05, 4.69) is 5.32 Å². The van der Waals surface area contributed by atoms with E-state index in [0.717, 1.165) is 0 Å². The molecule has 27 heavy (non-hydrogen) atoms. The smallest absolute Gasteiger partial charge is 0.358 e. The fourth-order valence-corrected chi connectivity index (χ4v) is 3.13. The van der Waals surface area contributed by atoms with Crippen LogP contribution in [-0.4, -0.2) is 5.11 Å². The van der Waals surface area contributed by atoms with Gasteiger partial charge in [-0.25, -0.2) is 0 Å². The van der Waals surface area contributed by atoms with Crippen molar-refractivity contribution < 1.29 is 32.6 Å². The minimum atomic E-state index is -10.4. The Morgan fingerprint density at radius 2 is 1.52 bits per heavy atom. The van der Waals surface area contributed by atoms with Crippen LogP contribution in [0, 0.1) is 0 Å². The zero-order valence-corrected chi connectivity index (χ0v) is 14.8. The highest BCUT2D eigenvalue weighted by molar-refractivity contribution is 8.45.